The molecule has 0 unspecified atom stereocenters. The lowest BCUT2D eigenvalue weighted by Gasteiger charge is -2.19. The van der Waals surface area contributed by atoms with Crippen molar-refractivity contribution in [1.29, 1.82) is 0 Å². The van der Waals surface area contributed by atoms with E-state index in [1.54, 1.807) is 6.20 Å². The first-order valence-electron chi connectivity index (χ1n) is 17.6. The van der Waals surface area contributed by atoms with Crippen molar-refractivity contribution >= 4 is 55.0 Å². The van der Waals surface area contributed by atoms with E-state index in [0.29, 0.717) is 0 Å². The summed E-state index contributed by atoms with van der Waals surface area (Å²) >= 11 is 0. The second kappa shape index (κ2) is 15.4. The van der Waals surface area contributed by atoms with Gasteiger partial charge >= 0.3 is 0 Å². The van der Waals surface area contributed by atoms with Crippen LogP contribution < -0.4 is 0 Å². The van der Waals surface area contributed by atoms with Crippen LogP contribution in [0.15, 0.2) is 157 Å². The number of hydrogen-bond donors (Lipinski definition) is 0. The third kappa shape index (κ3) is 7.51. The van der Waals surface area contributed by atoms with Crippen LogP contribution in [0.2, 0.25) is 0 Å². The van der Waals surface area contributed by atoms with Crippen molar-refractivity contribution in [1.82, 2.24) is 4.98 Å². The van der Waals surface area contributed by atoms with Crippen LogP contribution in [0.1, 0.15) is 59.7 Å². The van der Waals surface area contributed by atoms with E-state index in [4.69, 9.17) is 4.99 Å². The van der Waals surface area contributed by atoms with Crippen LogP contribution in [0.25, 0.3) is 43.5 Å². The molecule has 0 aliphatic heterocycles. The molecule has 2 heteroatoms. The number of benzene rings is 6. The third-order valence-electron chi connectivity index (χ3n) is 9.60. The summed E-state index contributed by atoms with van der Waals surface area (Å²) in [5.74, 6) is 0.753. The van der Waals surface area contributed by atoms with Gasteiger partial charge in [0, 0.05) is 11.9 Å². The van der Waals surface area contributed by atoms with Gasteiger partial charge in [-0.3, -0.25) is 0 Å². The van der Waals surface area contributed by atoms with Crippen molar-refractivity contribution in [3.05, 3.63) is 191 Å². The summed E-state index contributed by atoms with van der Waals surface area (Å²) in [6.07, 6.45) is 10.5. The fourth-order valence-electron chi connectivity index (χ4n) is 6.70. The van der Waals surface area contributed by atoms with Crippen LogP contribution in [0.5, 0.6) is 0 Å². The molecule has 0 spiro atoms. The molecule has 0 saturated heterocycles. The highest BCUT2D eigenvalue weighted by Gasteiger charge is 2.17. The van der Waals surface area contributed by atoms with Crippen molar-refractivity contribution in [3.63, 3.8) is 0 Å². The summed E-state index contributed by atoms with van der Waals surface area (Å²) in [6, 6.07) is 39.1. The average molecular weight is 663 g/mol. The van der Waals surface area contributed by atoms with E-state index in [9.17, 15) is 0 Å². The molecule has 7 aromatic rings. The van der Waals surface area contributed by atoms with Crippen molar-refractivity contribution < 1.29 is 0 Å². The molecule has 0 fully saturated rings. The van der Waals surface area contributed by atoms with Crippen molar-refractivity contribution in [2.75, 3.05) is 0 Å². The molecule has 0 aliphatic carbocycles. The smallest absolute Gasteiger partial charge is 0.154 e. The highest BCUT2D eigenvalue weighted by Crippen LogP contribution is 2.42. The van der Waals surface area contributed by atoms with Crippen molar-refractivity contribution in [3.8, 4) is 0 Å². The highest BCUT2D eigenvalue weighted by atomic mass is 14.9. The zero-order valence-electron chi connectivity index (χ0n) is 30.9. The molecule has 0 bridgehead atoms. The van der Waals surface area contributed by atoms with Crippen LogP contribution in [0, 0.1) is 27.7 Å². The second-order valence-corrected chi connectivity index (χ2v) is 13.4. The molecule has 1 aromatic heterocycles. The lowest BCUT2D eigenvalue weighted by Crippen LogP contribution is -1.98. The Morgan fingerprint density at radius 1 is 0.588 bits per heavy atom. The van der Waals surface area contributed by atoms with E-state index in [-0.39, 0.29) is 0 Å². The van der Waals surface area contributed by atoms with E-state index in [0.717, 1.165) is 28.2 Å². The maximum Gasteiger partial charge on any atom is 0.154 e. The molecule has 0 saturated carbocycles. The molecule has 7 rings (SSSR count). The van der Waals surface area contributed by atoms with Gasteiger partial charge in [-0.25, -0.2) is 9.98 Å². The first kappa shape index (κ1) is 35.0. The fourth-order valence-corrected chi connectivity index (χ4v) is 6.70. The quantitative estimate of drug-likeness (QED) is 0.0947. The monoisotopic (exact) mass is 662 g/mol. The van der Waals surface area contributed by atoms with Crippen molar-refractivity contribution in [2.24, 2.45) is 4.99 Å². The lowest BCUT2D eigenvalue weighted by molar-refractivity contribution is 1.22. The van der Waals surface area contributed by atoms with Crippen LogP contribution in [0.3, 0.4) is 0 Å². The summed E-state index contributed by atoms with van der Waals surface area (Å²) < 4.78 is 0. The minimum absolute atomic E-state index is 0.753. The van der Waals surface area contributed by atoms with E-state index < -0.39 is 0 Å². The Hall–Kier alpha value is -5.86. The van der Waals surface area contributed by atoms with Crippen LogP contribution in [-0.2, 0) is 0 Å². The van der Waals surface area contributed by atoms with Gasteiger partial charge in [0.25, 0.3) is 0 Å². The molecule has 0 radical (unpaired) electrons. The number of aryl methyl sites for hydroxylation is 4. The topological polar surface area (TPSA) is 25.2 Å². The zero-order valence-corrected chi connectivity index (χ0v) is 30.9. The van der Waals surface area contributed by atoms with Gasteiger partial charge in [0.2, 0.25) is 0 Å². The van der Waals surface area contributed by atoms with E-state index in [1.807, 2.05) is 26.0 Å². The predicted octanol–water partition coefficient (Wildman–Crippen LogP) is 13.7. The normalized spacial score (nSPS) is 12.6. The minimum atomic E-state index is 0.753. The number of rotatable bonds is 7. The van der Waals surface area contributed by atoms with Gasteiger partial charge in [-0.15, -0.1) is 0 Å². The first-order chi connectivity index (χ1) is 24.7. The van der Waals surface area contributed by atoms with Gasteiger partial charge in [-0.05, 0) is 143 Å². The Balaban J connectivity index is 0.000000495. The number of allylic oxidation sites excluding steroid dienone is 6. The van der Waals surface area contributed by atoms with E-state index in [2.05, 4.69) is 168 Å². The Morgan fingerprint density at radius 3 is 1.71 bits per heavy atom. The van der Waals surface area contributed by atoms with Crippen LogP contribution in [0.4, 0.5) is 5.82 Å². The second-order valence-electron chi connectivity index (χ2n) is 13.4. The zero-order chi connectivity index (χ0) is 36.1. The number of aliphatic imine (C=N–C) groups is 1. The summed E-state index contributed by atoms with van der Waals surface area (Å²) in [5.41, 5.74) is 13.0. The number of aromatic nitrogens is 1. The Bertz CT molecular complexity index is 2480. The largest absolute Gasteiger partial charge is 0.237 e. The van der Waals surface area contributed by atoms with Gasteiger partial charge in [0.1, 0.15) is 0 Å². The van der Waals surface area contributed by atoms with Crippen LogP contribution in [-0.4, -0.2) is 10.7 Å². The Kier molecular flexibility index (Phi) is 10.5. The van der Waals surface area contributed by atoms with Crippen molar-refractivity contribution in [2.45, 2.75) is 48.5 Å². The molecular formula is C49H46N2. The molecule has 0 atom stereocenters. The summed E-state index contributed by atoms with van der Waals surface area (Å²) in [5, 5.41) is 7.59. The highest BCUT2D eigenvalue weighted by molar-refractivity contribution is 6.27. The summed E-state index contributed by atoms with van der Waals surface area (Å²) in [4.78, 5) is 9.44. The number of nitrogens with zero attached hydrogens (tertiary/aromatic N) is 2. The van der Waals surface area contributed by atoms with E-state index in [1.165, 1.54) is 71.3 Å². The molecular weight excluding hydrogens is 617 g/mol. The van der Waals surface area contributed by atoms with Gasteiger partial charge < -0.3 is 0 Å². The van der Waals surface area contributed by atoms with Gasteiger partial charge in [0.05, 0.1) is 0 Å². The molecule has 1 heterocycles. The predicted molar refractivity (Wildman–Crippen MR) is 224 cm³/mol. The standard InChI is InChI=1S/C41H36N2.C8H10/c1-7-30(15-14-26(2)3)34-20-16-31-19-23-37-35(21-17-32-18-22-36(34)39(31)40(32)37)38(33-13-9-8-11-27(33)4)25-29(6)43-41-28(5)12-10-24-42-41;1-7-5-3-4-6-8(7)2/h7-25H,2H2,1,3-6H3;3-6H,1-2H3/b15-14-,30-7+,38-25+,43-29+;. The molecule has 2 nitrogen and oxygen atoms in total. The molecule has 6 aromatic carbocycles. The molecule has 51 heavy (non-hydrogen) atoms. The number of hydrogen-bond acceptors (Lipinski definition) is 2. The summed E-state index contributed by atoms with van der Waals surface area (Å²) in [7, 11) is 0. The maximum absolute atomic E-state index is 4.92. The first-order valence-corrected chi connectivity index (χ1v) is 17.6. The maximum atomic E-state index is 4.92. The van der Waals surface area contributed by atoms with Crippen LogP contribution >= 0.6 is 0 Å². The van der Waals surface area contributed by atoms with Gasteiger partial charge in [0.15, 0.2) is 5.82 Å². The lowest BCUT2D eigenvalue weighted by atomic mass is 9.85. The summed E-state index contributed by atoms with van der Waals surface area (Å²) in [6.45, 7) is 18.7. The van der Waals surface area contributed by atoms with Gasteiger partial charge in [-0.2, -0.15) is 0 Å². The third-order valence-corrected chi connectivity index (χ3v) is 9.60. The molecule has 0 amide bonds. The molecule has 0 aliphatic rings. The van der Waals surface area contributed by atoms with E-state index >= 15 is 0 Å². The minimum Gasteiger partial charge on any atom is -0.237 e. The molecule has 252 valence electrons. The Labute approximate surface area is 303 Å². The molecule has 0 N–H and O–H groups in total. The van der Waals surface area contributed by atoms with Gasteiger partial charge in [-0.1, -0.05) is 134 Å². The fraction of sp³-hybridized carbons (Fsp3) is 0.143. The average Bonchev–Trinajstić information content (AvgIpc) is 3.13. The Morgan fingerprint density at radius 2 is 1.14 bits per heavy atom. The number of pyridine rings is 1. The SMILES string of the molecule is C=C(C)/C=C\C(=C/C)c1ccc2ccc3c(/C(=C/C(C)=N/c4ncccc4C)c4ccccc4C)ccc4ccc1c2c43.Cc1ccccc1C.